The summed E-state index contributed by atoms with van der Waals surface area (Å²) in [6, 6.07) is 17.1. The van der Waals surface area contributed by atoms with E-state index >= 15 is 0 Å². The topological polar surface area (TPSA) is 61.6 Å². The Morgan fingerprint density at radius 2 is 1.97 bits per heavy atom. The summed E-state index contributed by atoms with van der Waals surface area (Å²) in [6.07, 6.45) is 0.920. The van der Waals surface area contributed by atoms with Gasteiger partial charge in [-0.05, 0) is 29.8 Å². The van der Waals surface area contributed by atoms with Gasteiger partial charge in [0, 0.05) is 57.0 Å². The molecule has 2 aromatic carbocycles. The Morgan fingerprint density at radius 1 is 1.17 bits per heavy atom. The summed E-state index contributed by atoms with van der Waals surface area (Å²) in [5.74, 6) is 0.297. The van der Waals surface area contributed by atoms with E-state index in [-0.39, 0.29) is 5.91 Å². The van der Waals surface area contributed by atoms with Crippen LogP contribution in [0.5, 0.6) is 5.75 Å². The minimum atomic E-state index is 0.00280. The van der Waals surface area contributed by atoms with Crippen molar-refractivity contribution >= 4 is 11.6 Å². The second kappa shape index (κ2) is 8.09. The molecule has 0 spiro atoms. The van der Waals surface area contributed by atoms with Gasteiger partial charge in [0.2, 0.25) is 5.91 Å². The first kappa shape index (κ1) is 19.2. The molecule has 1 N–H and O–H groups in total. The average molecular weight is 390 g/mol. The number of carbonyl (C=O) groups excluding carboxylic acids is 1. The van der Waals surface area contributed by atoms with E-state index in [2.05, 4.69) is 4.90 Å². The van der Waals surface area contributed by atoms with Gasteiger partial charge in [0.1, 0.15) is 5.75 Å². The molecule has 1 aromatic heterocycles. The first-order valence-corrected chi connectivity index (χ1v) is 9.88. The summed E-state index contributed by atoms with van der Waals surface area (Å²) in [6.45, 7) is 4.56. The molecule has 0 saturated carbocycles. The quantitative estimate of drug-likeness (QED) is 0.727. The van der Waals surface area contributed by atoms with Crippen LogP contribution in [0.1, 0.15) is 29.4 Å². The van der Waals surface area contributed by atoms with Crippen LogP contribution < -0.4 is 4.90 Å². The fourth-order valence-electron chi connectivity index (χ4n) is 4.04. The number of aromatic hydroxyl groups is 1. The first-order chi connectivity index (χ1) is 14.0. The van der Waals surface area contributed by atoms with Gasteiger partial charge in [0.15, 0.2) is 0 Å². The van der Waals surface area contributed by atoms with Crippen LogP contribution in [-0.2, 0) is 37.9 Å². The third kappa shape index (κ3) is 4.17. The number of aryl methyl sites for hydroxylation is 1. The fraction of sp³-hybridized carbons (Fsp3) is 0.304. The van der Waals surface area contributed by atoms with E-state index in [0.717, 1.165) is 43.0 Å². The minimum Gasteiger partial charge on any atom is -0.508 e. The lowest BCUT2D eigenvalue weighted by atomic mass is 10.0. The molecule has 3 aromatic rings. The molecule has 0 saturated heterocycles. The highest BCUT2D eigenvalue weighted by Crippen LogP contribution is 2.26. The highest BCUT2D eigenvalue weighted by molar-refractivity contribution is 5.91. The predicted octanol–water partition coefficient (Wildman–Crippen LogP) is 3.24. The Balaban J connectivity index is 1.57. The summed E-state index contributed by atoms with van der Waals surface area (Å²) in [7, 11) is 1.98. The maximum atomic E-state index is 12.3. The fourth-order valence-corrected chi connectivity index (χ4v) is 4.04. The molecule has 150 valence electrons. The van der Waals surface area contributed by atoms with Crippen molar-refractivity contribution in [2.75, 3.05) is 11.4 Å². The van der Waals surface area contributed by atoms with Crippen LogP contribution in [0.25, 0.3) is 0 Å². The number of anilines is 1. The average Bonchev–Trinajstić information content (AvgIpc) is 3.01. The Hall–Kier alpha value is -3.12. The number of hydrogen-bond acceptors (Lipinski definition) is 4. The van der Waals surface area contributed by atoms with Gasteiger partial charge in [-0.25, -0.2) is 0 Å². The lowest BCUT2D eigenvalue weighted by molar-refractivity contribution is -0.116. The minimum absolute atomic E-state index is 0.00280. The zero-order valence-corrected chi connectivity index (χ0v) is 16.9. The van der Waals surface area contributed by atoms with Gasteiger partial charge in [0.25, 0.3) is 0 Å². The Bertz CT molecular complexity index is 1010. The molecule has 0 aliphatic carbocycles. The van der Waals surface area contributed by atoms with Crippen molar-refractivity contribution in [3.05, 3.63) is 77.1 Å². The number of carbonyl (C=O) groups is 1. The molecule has 4 rings (SSSR count). The van der Waals surface area contributed by atoms with E-state index in [1.165, 1.54) is 11.3 Å². The molecule has 6 nitrogen and oxygen atoms in total. The normalized spacial score (nSPS) is 13.9. The predicted molar refractivity (Wildman–Crippen MR) is 112 cm³/mol. The van der Waals surface area contributed by atoms with Gasteiger partial charge in [-0.1, -0.05) is 30.3 Å². The number of nitrogens with zero attached hydrogens (tertiary/aromatic N) is 4. The maximum absolute atomic E-state index is 12.3. The molecular formula is C23H26N4O2. The third-order valence-electron chi connectivity index (χ3n) is 5.48. The van der Waals surface area contributed by atoms with Gasteiger partial charge in [-0.3, -0.25) is 14.4 Å². The van der Waals surface area contributed by atoms with Gasteiger partial charge in [-0.15, -0.1) is 0 Å². The van der Waals surface area contributed by atoms with E-state index in [1.54, 1.807) is 17.9 Å². The second-order valence-corrected chi connectivity index (χ2v) is 7.57. The van der Waals surface area contributed by atoms with Crippen LogP contribution >= 0.6 is 0 Å². The highest BCUT2D eigenvalue weighted by atomic mass is 16.3. The molecule has 0 atom stereocenters. The van der Waals surface area contributed by atoms with Crippen molar-refractivity contribution in [1.82, 2.24) is 14.7 Å². The van der Waals surface area contributed by atoms with Crippen molar-refractivity contribution in [2.45, 2.75) is 33.0 Å². The van der Waals surface area contributed by atoms with E-state index in [9.17, 15) is 9.90 Å². The van der Waals surface area contributed by atoms with Crippen LogP contribution in [0.4, 0.5) is 5.69 Å². The largest absolute Gasteiger partial charge is 0.508 e. The number of para-hydroxylation sites is 1. The lowest BCUT2D eigenvalue weighted by Crippen LogP contribution is -2.32. The van der Waals surface area contributed by atoms with E-state index in [0.29, 0.717) is 12.3 Å². The van der Waals surface area contributed by atoms with Gasteiger partial charge < -0.3 is 10.0 Å². The third-order valence-corrected chi connectivity index (χ3v) is 5.48. The Kier molecular flexibility index (Phi) is 5.36. The van der Waals surface area contributed by atoms with Crippen LogP contribution in [0.15, 0.2) is 54.6 Å². The zero-order chi connectivity index (χ0) is 20.4. The van der Waals surface area contributed by atoms with E-state index in [4.69, 9.17) is 5.10 Å². The summed E-state index contributed by atoms with van der Waals surface area (Å²) in [4.78, 5) is 16.5. The van der Waals surface area contributed by atoms with Crippen LogP contribution in [0, 0.1) is 0 Å². The van der Waals surface area contributed by atoms with Crippen molar-refractivity contribution in [3.63, 3.8) is 0 Å². The van der Waals surface area contributed by atoms with Gasteiger partial charge >= 0.3 is 0 Å². The number of phenolic OH excluding ortho intramolecular Hbond substituents is 1. The SMILES string of the molecule is CC(=O)N(Cc1nn(C)c2c1CN(Cc1cccc(O)c1)CC2)c1ccccc1. The molecule has 0 radical (unpaired) electrons. The Labute approximate surface area is 171 Å². The molecular weight excluding hydrogens is 364 g/mol. The molecule has 6 heteroatoms. The Morgan fingerprint density at radius 3 is 2.69 bits per heavy atom. The monoisotopic (exact) mass is 390 g/mol. The zero-order valence-electron chi connectivity index (χ0n) is 16.9. The molecule has 1 aliphatic rings. The smallest absolute Gasteiger partial charge is 0.224 e. The molecule has 1 amide bonds. The van der Waals surface area contributed by atoms with Crippen molar-refractivity contribution in [1.29, 1.82) is 0 Å². The van der Waals surface area contributed by atoms with Crippen molar-refractivity contribution in [2.24, 2.45) is 7.05 Å². The summed E-state index contributed by atoms with van der Waals surface area (Å²) in [5, 5.41) is 14.5. The van der Waals surface area contributed by atoms with Crippen LogP contribution in [-0.4, -0.2) is 32.2 Å². The number of amides is 1. The number of hydrogen-bond donors (Lipinski definition) is 1. The molecule has 2 heterocycles. The maximum Gasteiger partial charge on any atom is 0.224 e. The standard InChI is InChI=1S/C23H26N4O2/c1-17(28)27(19-8-4-3-5-9-19)16-22-21-15-26(12-11-23(21)25(2)24-22)14-18-7-6-10-20(29)13-18/h3-10,13,29H,11-12,14-16H2,1-2H3. The second-order valence-electron chi connectivity index (χ2n) is 7.57. The highest BCUT2D eigenvalue weighted by Gasteiger charge is 2.26. The summed E-state index contributed by atoms with van der Waals surface area (Å²) >= 11 is 0. The lowest BCUT2D eigenvalue weighted by Gasteiger charge is -2.28. The number of rotatable bonds is 5. The van der Waals surface area contributed by atoms with Crippen molar-refractivity contribution in [3.8, 4) is 5.75 Å². The summed E-state index contributed by atoms with van der Waals surface area (Å²) in [5.41, 5.74) is 5.37. The molecule has 29 heavy (non-hydrogen) atoms. The van der Waals surface area contributed by atoms with E-state index in [1.807, 2.05) is 60.3 Å². The van der Waals surface area contributed by atoms with Gasteiger partial charge in [0.05, 0.1) is 12.2 Å². The molecule has 0 fully saturated rings. The van der Waals surface area contributed by atoms with E-state index < -0.39 is 0 Å². The first-order valence-electron chi connectivity index (χ1n) is 9.88. The molecule has 0 bridgehead atoms. The van der Waals surface area contributed by atoms with Crippen LogP contribution in [0.2, 0.25) is 0 Å². The number of benzene rings is 2. The van der Waals surface area contributed by atoms with Crippen molar-refractivity contribution < 1.29 is 9.90 Å². The molecule has 0 unspecified atom stereocenters. The van der Waals surface area contributed by atoms with Crippen LogP contribution in [0.3, 0.4) is 0 Å². The molecule has 1 aliphatic heterocycles. The number of fused-ring (bicyclic) bond motifs is 1. The summed E-state index contributed by atoms with van der Waals surface area (Å²) < 4.78 is 1.96. The number of phenols is 1. The number of aromatic nitrogens is 2. The van der Waals surface area contributed by atoms with Gasteiger partial charge in [-0.2, -0.15) is 5.10 Å².